The van der Waals surface area contributed by atoms with E-state index in [-0.39, 0.29) is 17.7 Å². The molecule has 0 radical (unpaired) electrons. The Kier molecular flexibility index (Phi) is 4.76. The third-order valence-corrected chi connectivity index (χ3v) is 5.94. The Hall–Kier alpha value is -2.94. The maximum atomic E-state index is 12.8. The summed E-state index contributed by atoms with van der Waals surface area (Å²) < 4.78 is 0. The first-order valence-electron chi connectivity index (χ1n) is 8.98. The highest BCUT2D eigenvalue weighted by atomic mass is 32.1. The Morgan fingerprint density at radius 3 is 2.64 bits per heavy atom. The molecule has 4 heterocycles. The molecular weight excluding hydrogens is 376 g/mol. The third-order valence-electron chi connectivity index (χ3n) is 4.85. The summed E-state index contributed by atoms with van der Waals surface area (Å²) in [5.41, 5.74) is 2.76. The second-order valence-corrected chi connectivity index (χ2v) is 8.03. The first-order chi connectivity index (χ1) is 13.5. The van der Waals surface area contributed by atoms with Crippen LogP contribution in [0.5, 0.6) is 0 Å². The second kappa shape index (κ2) is 7.23. The zero-order chi connectivity index (χ0) is 19.8. The minimum atomic E-state index is -0.138. The van der Waals surface area contributed by atoms with Gasteiger partial charge in [-0.1, -0.05) is 0 Å². The average Bonchev–Trinajstić information content (AvgIpc) is 3.31. The van der Waals surface area contributed by atoms with E-state index < -0.39 is 0 Å². The van der Waals surface area contributed by atoms with Crippen LogP contribution in [0.15, 0.2) is 24.8 Å². The molecule has 2 amide bonds. The summed E-state index contributed by atoms with van der Waals surface area (Å²) in [6.45, 7) is 2.95. The zero-order valence-electron chi connectivity index (χ0n) is 15.9. The van der Waals surface area contributed by atoms with Gasteiger partial charge in [-0.3, -0.25) is 19.6 Å². The lowest BCUT2D eigenvalue weighted by Gasteiger charge is -2.17. The van der Waals surface area contributed by atoms with Crippen molar-refractivity contribution in [3.63, 3.8) is 0 Å². The molecule has 1 fully saturated rings. The Labute approximate surface area is 166 Å². The molecule has 0 bridgehead atoms. The molecule has 3 aromatic rings. The lowest BCUT2D eigenvalue weighted by molar-refractivity contribution is 0.0784. The molecule has 28 heavy (non-hydrogen) atoms. The first-order valence-corrected chi connectivity index (χ1v) is 9.80. The molecular formula is C19H20N6O2S. The quantitative estimate of drug-likeness (QED) is 0.673. The zero-order valence-corrected chi connectivity index (χ0v) is 16.7. The van der Waals surface area contributed by atoms with Gasteiger partial charge >= 0.3 is 0 Å². The molecule has 0 aliphatic carbocycles. The Morgan fingerprint density at radius 2 is 1.93 bits per heavy atom. The third kappa shape index (κ3) is 3.22. The van der Waals surface area contributed by atoms with E-state index in [0.29, 0.717) is 23.7 Å². The highest BCUT2D eigenvalue weighted by molar-refractivity contribution is 7.20. The minimum Gasteiger partial charge on any atom is -0.344 e. The van der Waals surface area contributed by atoms with Gasteiger partial charge in [0.1, 0.15) is 16.0 Å². The van der Waals surface area contributed by atoms with Crippen LogP contribution in [0, 0.1) is 6.92 Å². The van der Waals surface area contributed by atoms with Crippen LogP contribution in [-0.4, -0.2) is 68.7 Å². The molecule has 1 saturated heterocycles. The standard InChI is InChI=1S/C19H20N6O2S/c1-11-8-23-13(9-22-11)18(26)25-7-4-12(10-25)14-15-17(21-6-5-20-15)28-16(14)19(27)24(2)3/h5-6,8-9,12H,4,7,10H2,1-3H3/t12-/m1/s1. The number of carbonyl (C=O) groups excluding carboxylic acids is 2. The van der Waals surface area contributed by atoms with E-state index in [4.69, 9.17) is 0 Å². The van der Waals surface area contributed by atoms with Gasteiger partial charge < -0.3 is 9.80 Å². The topological polar surface area (TPSA) is 92.2 Å². The van der Waals surface area contributed by atoms with Crippen molar-refractivity contribution in [2.75, 3.05) is 27.2 Å². The number of fused-ring (bicyclic) bond motifs is 1. The average molecular weight is 396 g/mol. The second-order valence-electron chi connectivity index (χ2n) is 7.03. The van der Waals surface area contributed by atoms with E-state index in [1.54, 1.807) is 42.5 Å². The number of carbonyl (C=O) groups is 2. The molecule has 0 saturated carbocycles. The number of thiophene rings is 1. The van der Waals surface area contributed by atoms with Crippen molar-refractivity contribution in [1.29, 1.82) is 0 Å². The van der Waals surface area contributed by atoms with Crippen LogP contribution in [0.4, 0.5) is 0 Å². The summed E-state index contributed by atoms with van der Waals surface area (Å²) in [5.74, 6) is -0.165. The first kappa shape index (κ1) is 18.4. The number of hydrogen-bond donors (Lipinski definition) is 0. The normalized spacial score (nSPS) is 16.5. The fourth-order valence-corrected chi connectivity index (χ4v) is 4.64. The number of rotatable bonds is 3. The van der Waals surface area contributed by atoms with Gasteiger partial charge in [-0.05, 0) is 13.3 Å². The predicted octanol–water partition coefficient (Wildman–Crippen LogP) is 2.12. The smallest absolute Gasteiger partial charge is 0.274 e. The van der Waals surface area contributed by atoms with Crippen molar-refractivity contribution in [3.8, 4) is 0 Å². The Morgan fingerprint density at radius 1 is 1.14 bits per heavy atom. The summed E-state index contributed by atoms with van der Waals surface area (Å²) >= 11 is 1.36. The fraction of sp³-hybridized carbons (Fsp3) is 0.368. The van der Waals surface area contributed by atoms with E-state index >= 15 is 0 Å². The van der Waals surface area contributed by atoms with Gasteiger partial charge in [0, 0.05) is 57.3 Å². The highest BCUT2D eigenvalue weighted by Gasteiger charge is 2.34. The van der Waals surface area contributed by atoms with E-state index in [1.165, 1.54) is 17.5 Å². The largest absolute Gasteiger partial charge is 0.344 e. The molecule has 1 atom stereocenters. The van der Waals surface area contributed by atoms with E-state index in [0.717, 1.165) is 28.0 Å². The maximum absolute atomic E-state index is 12.8. The lowest BCUT2D eigenvalue weighted by atomic mass is 9.97. The maximum Gasteiger partial charge on any atom is 0.274 e. The van der Waals surface area contributed by atoms with Gasteiger partial charge in [-0.15, -0.1) is 11.3 Å². The van der Waals surface area contributed by atoms with Gasteiger partial charge in [0.25, 0.3) is 11.8 Å². The summed E-state index contributed by atoms with van der Waals surface area (Å²) in [7, 11) is 3.47. The number of hydrogen-bond acceptors (Lipinski definition) is 7. The number of likely N-dealkylation sites (tertiary alicyclic amines) is 1. The van der Waals surface area contributed by atoms with Crippen LogP contribution in [0.1, 0.15) is 43.8 Å². The monoisotopic (exact) mass is 396 g/mol. The van der Waals surface area contributed by atoms with Crippen LogP contribution in [0.3, 0.4) is 0 Å². The molecule has 144 valence electrons. The molecule has 1 aliphatic rings. The van der Waals surface area contributed by atoms with Crippen LogP contribution in [0.2, 0.25) is 0 Å². The lowest BCUT2D eigenvalue weighted by Crippen LogP contribution is -2.29. The van der Waals surface area contributed by atoms with Gasteiger partial charge in [-0.25, -0.2) is 9.97 Å². The molecule has 0 N–H and O–H groups in total. The van der Waals surface area contributed by atoms with Crippen molar-refractivity contribution >= 4 is 33.5 Å². The van der Waals surface area contributed by atoms with Crippen LogP contribution in [-0.2, 0) is 0 Å². The summed E-state index contributed by atoms with van der Waals surface area (Å²) in [4.78, 5) is 47.5. The van der Waals surface area contributed by atoms with Gasteiger partial charge in [0.2, 0.25) is 0 Å². The van der Waals surface area contributed by atoms with Gasteiger partial charge in [-0.2, -0.15) is 0 Å². The summed E-state index contributed by atoms with van der Waals surface area (Å²) in [6, 6.07) is 0. The molecule has 0 unspecified atom stereocenters. The molecule has 0 spiro atoms. The van der Waals surface area contributed by atoms with Gasteiger partial charge in [0.15, 0.2) is 0 Å². The highest BCUT2D eigenvalue weighted by Crippen LogP contribution is 2.39. The molecule has 0 aromatic carbocycles. The van der Waals surface area contributed by atoms with Crippen molar-refractivity contribution in [2.24, 2.45) is 0 Å². The number of aromatic nitrogens is 4. The SMILES string of the molecule is Cc1cnc(C(=O)N2CC[C@@H](c3c(C(=O)N(C)C)sc4nccnc34)C2)cn1. The summed E-state index contributed by atoms with van der Waals surface area (Å²) in [5, 5.41) is 0. The molecule has 9 heteroatoms. The fourth-order valence-electron chi connectivity index (χ4n) is 3.43. The Balaban J connectivity index is 1.66. The molecule has 3 aromatic heterocycles. The molecule has 1 aliphatic heterocycles. The van der Waals surface area contributed by atoms with E-state index in [2.05, 4.69) is 19.9 Å². The van der Waals surface area contributed by atoms with Gasteiger partial charge in [0.05, 0.1) is 16.8 Å². The van der Waals surface area contributed by atoms with E-state index in [1.807, 2.05) is 6.92 Å². The van der Waals surface area contributed by atoms with Crippen LogP contribution < -0.4 is 0 Å². The van der Waals surface area contributed by atoms with Crippen molar-refractivity contribution in [2.45, 2.75) is 19.3 Å². The van der Waals surface area contributed by atoms with Crippen LogP contribution >= 0.6 is 11.3 Å². The predicted molar refractivity (Wildman–Crippen MR) is 105 cm³/mol. The minimum absolute atomic E-state index is 0.0340. The number of amides is 2. The molecule has 8 nitrogen and oxygen atoms in total. The van der Waals surface area contributed by atoms with Crippen molar-refractivity contribution in [1.82, 2.24) is 29.7 Å². The van der Waals surface area contributed by atoms with E-state index in [9.17, 15) is 9.59 Å². The van der Waals surface area contributed by atoms with Crippen molar-refractivity contribution in [3.05, 3.63) is 46.6 Å². The summed E-state index contributed by atoms with van der Waals surface area (Å²) in [6.07, 6.45) is 7.14. The van der Waals surface area contributed by atoms with Crippen LogP contribution in [0.25, 0.3) is 10.3 Å². The molecule has 4 rings (SSSR count). The van der Waals surface area contributed by atoms with Crippen molar-refractivity contribution < 1.29 is 9.59 Å². The Bertz CT molecular complexity index is 1050. The number of nitrogens with zero attached hydrogens (tertiary/aromatic N) is 6. The number of aryl methyl sites for hydroxylation is 1.